The summed E-state index contributed by atoms with van der Waals surface area (Å²) in [5.74, 6) is -0.736. The van der Waals surface area contributed by atoms with Crippen LogP contribution in [0.25, 0.3) is 16.8 Å². The molecule has 0 saturated carbocycles. The molecule has 1 heterocycles. The van der Waals surface area contributed by atoms with E-state index in [1.807, 2.05) is 0 Å². The van der Waals surface area contributed by atoms with Crippen LogP contribution in [0.4, 0.5) is 18.9 Å². The molecule has 0 radical (unpaired) electrons. The van der Waals surface area contributed by atoms with Crippen LogP contribution >= 0.6 is 11.6 Å². The van der Waals surface area contributed by atoms with E-state index < -0.39 is 28.0 Å². The monoisotopic (exact) mass is 536 g/mol. The van der Waals surface area contributed by atoms with E-state index in [4.69, 9.17) is 16.3 Å². The standard InChI is InChI=1S/C25H20ClF3N2O4S/c1-35-24(32)19-13-16(10-11-18(19)15-6-5-7-17(12-15)36(2,33)34)22-14-23(25(27,28)29)30-31(22)21-9-4-3-8-20(21)26/h3-14,23,30H,1-2H3. The Hall–Kier alpha value is -3.34. The summed E-state index contributed by atoms with van der Waals surface area (Å²) in [7, 11) is -2.34. The Labute approximate surface area is 210 Å². The van der Waals surface area contributed by atoms with Crippen molar-refractivity contribution >= 4 is 38.8 Å². The highest BCUT2D eigenvalue weighted by atomic mass is 35.5. The van der Waals surface area contributed by atoms with Gasteiger partial charge in [-0.25, -0.2) is 18.6 Å². The Bertz CT molecular complexity index is 1470. The summed E-state index contributed by atoms with van der Waals surface area (Å²) < 4.78 is 69.8. The predicted octanol–water partition coefficient (Wildman–Crippen LogP) is 5.49. The molecule has 1 unspecified atom stereocenters. The summed E-state index contributed by atoms with van der Waals surface area (Å²) in [5, 5.41) is 1.45. The van der Waals surface area contributed by atoms with Crippen LogP contribution in [0.5, 0.6) is 0 Å². The van der Waals surface area contributed by atoms with Crippen molar-refractivity contribution in [1.29, 1.82) is 0 Å². The molecule has 0 aromatic heterocycles. The molecule has 4 rings (SSSR count). The van der Waals surface area contributed by atoms with Crippen LogP contribution in [0.1, 0.15) is 15.9 Å². The zero-order valence-electron chi connectivity index (χ0n) is 19.0. The molecule has 1 N–H and O–H groups in total. The number of carbonyl (C=O) groups excluding carboxylic acids is 1. The van der Waals surface area contributed by atoms with Gasteiger partial charge in [0.2, 0.25) is 0 Å². The number of hydrogen-bond donors (Lipinski definition) is 1. The smallest absolute Gasteiger partial charge is 0.409 e. The number of benzene rings is 3. The number of nitrogens with zero attached hydrogens (tertiary/aromatic N) is 1. The van der Waals surface area contributed by atoms with E-state index in [0.717, 1.165) is 12.3 Å². The fraction of sp³-hybridized carbons (Fsp3) is 0.160. The number of hydrogen-bond acceptors (Lipinski definition) is 6. The highest BCUT2D eigenvalue weighted by Gasteiger charge is 2.44. The number of sulfone groups is 1. The van der Waals surface area contributed by atoms with Crippen molar-refractivity contribution in [3.8, 4) is 11.1 Å². The second-order valence-electron chi connectivity index (χ2n) is 8.04. The first-order chi connectivity index (χ1) is 16.9. The number of rotatable bonds is 5. The lowest BCUT2D eigenvalue weighted by Crippen LogP contribution is -2.44. The average molecular weight is 537 g/mol. The van der Waals surface area contributed by atoms with Crippen LogP contribution in [-0.4, -0.2) is 40.0 Å². The van der Waals surface area contributed by atoms with Crippen molar-refractivity contribution in [1.82, 2.24) is 5.43 Å². The van der Waals surface area contributed by atoms with Crippen LogP contribution < -0.4 is 10.4 Å². The molecular formula is C25H20ClF3N2O4S. The van der Waals surface area contributed by atoms with Gasteiger partial charge in [0.05, 0.1) is 34.0 Å². The van der Waals surface area contributed by atoms with Crippen molar-refractivity contribution in [2.45, 2.75) is 17.1 Å². The van der Waals surface area contributed by atoms with Gasteiger partial charge in [0.15, 0.2) is 9.84 Å². The number of methoxy groups -OCH3 is 1. The van der Waals surface area contributed by atoms with E-state index in [2.05, 4.69) is 5.43 Å². The van der Waals surface area contributed by atoms with Gasteiger partial charge in [-0.2, -0.15) is 13.2 Å². The van der Waals surface area contributed by atoms with Crippen molar-refractivity contribution < 1.29 is 31.1 Å². The first-order valence-electron chi connectivity index (χ1n) is 10.5. The third kappa shape index (κ3) is 5.11. The summed E-state index contributed by atoms with van der Waals surface area (Å²) in [6.45, 7) is 0. The van der Waals surface area contributed by atoms with Gasteiger partial charge in [0.25, 0.3) is 0 Å². The lowest BCUT2D eigenvalue weighted by Gasteiger charge is -2.26. The topological polar surface area (TPSA) is 75.7 Å². The zero-order valence-corrected chi connectivity index (χ0v) is 20.6. The Morgan fingerprint density at radius 2 is 1.75 bits per heavy atom. The molecule has 3 aromatic rings. The quantitative estimate of drug-likeness (QED) is 0.434. The first kappa shape index (κ1) is 25.7. The molecule has 0 bridgehead atoms. The lowest BCUT2D eigenvalue weighted by atomic mass is 9.96. The van der Waals surface area contributed by atoms with E-state index in [1.165, 1.54) is 42.5 Å². The van der Waals surface area contributed by atoms with Gasteiger partial charge in [-0.05, 0) is 47.5 Å². The molecule has 1 aliphatic heterocycles. The van der Waals surface area contributed by atoms with Gasteiger partial charge in [-0.1, -0.05) is 48.0 Å². The number of nitrogens with one attached hydrogen (secondary N) is 1. The third-order valence-corrected chi connectivity index (χ3v) is 7.00. The largest absolute Gasteiger partial charge is 0.465 e. The van der Waals surface area contributed by atoms with Gasteiger partial charge in [0, 0.05) is 11.8 Å². The molecule has 1 aliphatic rings. The molecular weight excluding hydrogens is 517 g/mol. The first-order valence-corrected chi connectivity index (χ1v) is 12.8. The summed E-state index contributed by atoms with van der Waals surface area (Å²) in [5.41, 5.74) is 3.97. The van der Waals surface area contributed by atoms with Crippen molar-refractivity contribution in [3.63, 3.8) is 0 Å². The van der Waals surface area contributed by atoms with Crippen molar-refractivity contribution in [3.05, 3.63) is 89.0 Å². The number of para-hydroxylation sites is 1. The van der Waals surface area contributed by atoms with Crippen LogP contribution in [0.3, 0.4) is 0 Å². The Morgan fingerprint density at radius 1 is 1.03 bits per heavy atom. The Kier molecular flexibility index (Phi) is 6.87. The molecule has 0 spiro atoms. The lowest BCUT2D eigenvalue weighted by molar-refractivity contribution is -0.142. The van der Waals surface area contributed by atoms with Gasteiger partial charge >= 0.3 is 12.1 Å². The van der Waals surface area contributed by atoms with Crippen LogP contribution in [0.15, 0.2) is 77.7 Å². The molecule has 6 nitrogen and oxygen atoms in total. The maximum atomic E-state index is 13.6. The third-order valence-electron chi connectivity index (χ3n) is 5.57. The fourth-order valence-electron chi connectivity index (χ4n) is 3.83. The average Bonchev–Trinajstić information content (AvgIpc) is 3.29. The highest BCUT2D eigenvalue weighted by molar-refractivity contribution is 7.90. The number of esters is 1. The fourth-order valence-corrected chi connectivity index (χ4v) is 4.72. The van der Waals surface area contributed by atoms with E-state index in [1.54, 1.807) is 36.4 Å². The second-order valence-corrected chi connectivity index (χ2v) is 10.5. The van der Waals surface area contributed by atoms with E-state index in [9.17, 15) is 26.4 Å². The SMILES string of the molecule is COC(=O)c1cc(C2=CC(C(F)(F)F)NN2c2ccccc2Cl)ccc1-c1cccc(S(C)(=O)=O)c1. The van der Waals surface area contributed by atoms with Gasteiger partial charge < -0.3 is 4.74 Å². The molecule has 3 aromatic carbocycles. The molecule has 188 valence electrons. The van der Waals surface area contributed by atoms with Crippen LogP contribution in [0.2, 0.25) is 5.02 Å². The van der Waals surface area contributed by atoms with E-state index in [0.29, 0.717) is 16.8 Å². The van der Waals surface area contributed by atoms with Gasteiger partial charge in [-0.15, -0.1) is 0 Å². The zero-order chi connectivity index (χ0) is 26.3. The molecule has 11 heteroatoms. The molecule has 0 saturated heterocycles. The molecule has 36 heavy (non-hydrogen) atoms. The maximum Gasteiger partial charge on any atom is 0.409 e. The van der Waals surface area contributed by atoms with Crippen molar-refractivity contribution in [2.24, 2.45) is 0 Å². The number of hydrazine groups is 1. The summed E-state index contributed by atoms with van der Waals surface area (Å²) in [4.78, 5) is 12.8. The number of carbonyl (C=O) groups is 1. The van der Waals surface area contributed by atoms with Crippen molar-refractivity contribution in [2.75, 3.05) is 18.4 Å². The minimum atomic E-state index is -4.58. The number of anilines is 1. The minimum absolute atomic E-state index is 0.0520. The second kappa shape index (κ2) is 9.61. The van der Waals surface area contributed by atoms with E-state index >= 15 is 0 Å². The maximum absolute atomic E-state index is 13.6. The molecule has 1 atom stereocenters. The molecule has 0 aliphatic carbocycles. The minimum Gasteiger partial charge on any atom is -0.465 e. The normalized spacial score (nSPS) is 16.1. The Morgan fingerprint density at radius 3 is 2.39 bits per heavy atom. The van der Waals surface area contributed by atoms with Gasteiger partial charge in [-0.3, -0.25) is 5.01 Å². The Balaban J connectivity index is 1.87. The summed E-state index contributed by atoms with van der Waals surface area (Å²) in [6.07, 6.45) is -2.52. The molecule has 0 fully saturated rings. The van der Waals surface area contributed by atoms with E-state index in [-0.39, 0.29) is 26.7 Å². The number of ether oxygens (including phenoxy) is 1. The number of alkyl halides is 3. The van der Waals surface area contributed by atoms with Crippen LogP contribution in [-0.2, 0) is 14.6 Å². The predicted molar refractivity (Wildman–Crippen MR) is 131 cm³/mol. The summed E-state index contributed by atoms with van der Waals surface area (Å²) >= 11 is 6.27. The number of halogens is 4. The van der Waals surface area contributed by atoms with Crippen LogP contribution in [0, 0.1) is 0 Å². The summed E-state index contributed by atoms with van der Waals surface area (Å²) in [6, 6.07) is 14.9. The molecule has 0 amide bonds. The highest BCUT2D eigenvalue weighted by Crippen LogP contribution is 2.39. The van der Waals surface area contributed by atoms with Gasteiger partial charge in [0.1, 0.15) is 6.04 Å².